The predicted octanol–water partition coefficient (Wildman–Crippen LogP) is 3.51. The zero-order chi connectivity index (χ0) is 22.8. The molecule has 1 atom stereocenters. The van der Waals surface area contributed by atoms with E-state index in [2.05, 4.69) is 28.9 Å². The number of amides is 1. The van der Waals surface area contributed by atoms with E-state index in [1.54, 1.807) is 7.11 Å². The molecule has 0 N–H and O–H groups in total. The lowest BCUT2D eigenvalue weighted by Crippen LogP contribution is -2.39. The molecule has 0 aliphatic carbocycles. The third kappa shape index (κ3) is 4.56. The van der Waals surface area contributed by atoms with E-state index >= 15 is 0 Å². The average molecular weight is 450 g/mol. The van der Waals surface area contributed by atoms with Crippen molar-refractivity contribution in [2.75, 3.05) is 44.7 Å². The molecule has 3 aliphatic heterocycles. The van der Waals surface area contributed by atoms with Crippen LogP contribution in [0.3, 0.4) is 0 Å². The molecule has 0 radical (unpaired) electrons. The van der Waals surface area contributed by atoms with Crippen molar-refractivity contribution in [3.63, 3.8) is 0 Å². The second kappa shape index (κ2) is 9.67. The number of ether oxygens (including phenoxy) is 1. The largest absolute Gasteiger partial charge is 0.496 e. The SMILES string of the molecule is COc1ccccc1CN1CCCc2c(C)nc([C@@H]3CCCN3C(=O)CN3CCCC3)nc21. The van der Waals surface area contributed by atoms with Crippen LogP contribution < -0.4 is 9.64 Å². The minimum Gasteiger partial charge on any atom is -0.496 e. The summed E-state index contributed by atoms with van der Waals surface area (Å²) in [6, 6.07) is 8.18. The van der Waals surface area contributed by atoms with Crippen LogP contribution in [-0.4, -0.2) is 65.5 Å². The number of nitrogens with zero attached hydrogens (tertiary/aromatic N) is 5. The van der Waals surface area contributed by atoms with E-state index in [1.165, 1.54) is 18.4 Å². The fourth-order valence-corrected chi connectivity index (χ4v) is 5.61. The number of methoxy groups -OCH3 is 1. The predicted molar refractivity (Wildman–Crippen MR) is 128 cm³/mol. The maximum atomic E-state index is 13.1. The number of carbonyl (C=O) groups excluding carboxylic acids is 1. The molecule has 1 aromatic heterocycles. The summed E-state index contributed by atoms with van der Waals surface area (Å²) in [6.07, 6.45) is 6.46. The number of hydrogen-bond donors (Lipinski definition) is 0. The average Bonchev–Trinajstić information content (AvgIpc) is 3.52. The van der Waals surface area contributed by atoms with Gasteiger partial charge < -0.3 is 14.5 Å². The molecule has 0 saturated carbocycles. The Kier molecular flexibility index (Phi) is 6.49. The molecule has 0 unspecified atom stereocenters. The molecule has 5 rings (SSSR count). The van der Waals surface area contributed by atoms with Crippen LogP contribution in [0.2, 0.25) is 0 Å². The van der Waals surface area contributed by atoms with Crippen molar-refractivity contribution < 1.29 is 9.53 Å². The van der Waals surface area contributed by atoms with Gasteiger partial charge in [-0.3, -0.25) is 9.69 Å². The summed E-state index contributed by atoms with van der Waals surface area (Å²) in [7, 11) is 1.72. The summed E-state index contributed by atoms with van der Waals surface area (Å²) in [5.74, 6) is 2.98. The first-order valence-electron chi connectivity index (χ1n) is 12.4. The monoisotopic (exact) mass is 449 g/mol. The van der Waals surface area contributed by atoms with Crippen molar-refractivity contribution in [2.24, 2.45) is 0 Å². The first kappa shape index (κ1) is 22.1. The maximum absolute atomic E-state index is 13.1. The molecule has 7 nitrogen and oxygen atoms in total. The Hall–Kier alpha value is -2.67. The molecule has 0 bridgehead atoms. The molecule has 1 aromatic carbocycles. The third-order valence-corrected chi connectivity index (χ3v) is 7.35. The second-order valence-electron chi connectivity index (χ2n) is 9.53. The number of hydrogen-bond acceptors (Lipinski definition) is 6. The van der Waals surface area contributed by atoms with Crippen LogP contribution in [0.15, 0.2) is 24.3 Å². The molecular weight excluding hydrogens is 414 g/mol. The van der Waals surface area contributed by atoms with Crippen molar-refractivity contribution in [1.29, 1.82) is 0 Å². The summed E-state index contributed by atoms with van der Waals surface area (Å²) < 4.78 is 5.59. The van der Waals surface area contributed by atoms with Gasteiger partial charge in [-0.05, 0) is 64.6 Å². The number of para-hydroxylation sites is 1. The molecule has 7 heteroatoms. The van der Waals surface area contributed by atoms with Gasteiger partial charge in [-0.2, -0.15) is 0 Å². The normalized spacial score (nSPS) is 20.8. The smallest absolute Gasteiger partial charge is 0.237 e. The fourth-order valence-electron chi connectivity index (χ4n) is 5.61. The molecule has 33 heavy (non-hydrogen) atoms. The number of aryl methyl sites for hydroxylation is 1. The van der Waals surface area contributed by atoms with Crippen LogP contribution in [-0.2, 0) is 17.8 Å². The Bertz CT molecular complexity index is 1000. The number of aromatic nitrogens is 2. The van der Waals surface area contributed by atoms with Gasteiger partial charge >= 0.3 is 0 Å². The van der Waals surface area contributed by atoms with E-state index in [9.17, 15) is 4.79 Å². The maximum Gasteiger partial charge on any atom is 0.237 e. The van der Waals surface area contributed by atoms with Crippen molar-refractivity contribution in [3.8, 4) is 5.75 Å². The van der Waals surface area contributed by atoms with Crippen LogP contribution in [0.5, 0.6) is 5.75 Å². The van der Waals surface area contributed by atoms with Gasteiger partial charge in [0.2, 0.25) is 5.91 Å². The molecule has 2 saturated heterocycles. The van der Waals surface area contributed by atoms with Crippen molar-refractivity contribution >= 4 is 11.7 Å². The van der Waals surface area contributed by atoms with Gasteiger partial charge in [-0.1, -0.05) is 18.2 Å². The number of benzene rings is 1. The highest BCUT2D eigenvalue weighted by atomic mass is 16.5. The molecule has 176 valence electrons. The van der Waals surface area contributed by atoms with Crippen LogP contribution in [0.4, 0.5) is 5.82 Å². The zero-order valence-electron chi connectivity index (χ0n) is 19.9. The minimum absolute atomic E-state index is 0.0147. The van der Waals surface area contributed by atoms with E-state index in [0.29, 0.717) is 6.54 Å². The summed E-state index contributed by atoms with van der Waals surface area (Å²) in [5.41, 5.74) is 3.46. The molecule has 0 spiro atoms. The van der Waals surface area contributed by atoms with E-state index in [0.717, 1.165) is 87.1 Å². The fraction of sp³-hybridized carbons (Fsp3) is 0.577. The van der Waals surface area contributed by atoms with E-state index in [1.807, 2.05) is 17.0 Å². The summed E-state index contributed by atoms with van der Waals surface area (Å²) in [5, 5.41) is 0. The van der Waals surface area contributed by atoms with Crippen LogP contribution in [0.1, 0.15) is 60.8 Å². The molecule has 4 heterocycles. The van der Waals surface area contributed by atoms with Gasteiger partial charge in [0.05, 0.1) is 19.7 Å². The topological polar surface area (TPSA) is 61.8 Å². The van der Waals surface area contributed by atoms with Gasteiger partial charge in [0, 0.05) is 36.5 Å². The Labute approximate surface area is 196 Å². The summed E-state index contributed by atoms with van der Waals surface area (Å²) in [4.78, 5) is 29.9. The Morgan fingerprint density at radius 2 is 1.88 bits per heavy atom. The first-order chi connectivity index (χ1) is 16.1. The van der Waals surface area contributed by atoms with Crippen molar-refractivity contribution in [1.82, 2.24) is 19.8 Å². The lowest BCUT2D eigenvalue weighted by atomic mass is 10.0. The molecule has 2 fully saturated rings. The van der Waals surface area contributed by atoms with E-state index < -0.39 is 0 Å². The van der Waals surface area contributed by atoms with Crippen LogP contribution in [0, 0.1) is 6.92 Å². The molecule has 2 aromatic rings. The van der Waals surface area contributed by atoms with Crippen molar-refractivity contribution in [2.45, 2.75) is 58.0 Å². The number of anilines is 1. The second-order valence-corrected chi connectivity index (χ2v) is 9.53. The summed E-state index contributed by atoms with van der Waals surface area (Å²) in [6.45, 7) is 7.23. The van der Waals surface area contributed by atoms with Crippen molar-refractivity contribution in [3.05, 3.63) is 46.9 Å². The standard InChI is InChI=1S/C26H35N5O2/c1-19-21-10-7-15-30(17-20-9-3-4-12-23(20)33-2)26(21)28-25(27-19)22-11-8-16-31(22)24(32)18-29-13-5-6-14-29/h3-4,9,12,22H,5-8,10-11,13-18H2,1-2H3/t22-/m0/s1. The minimum atomic E-state index is -0.0147. The lowest BCUT2D eigenvalue weighted by molar-refractivity contribution is -0.133. The van der Waals surface area contributed by atoms with Crippen LogP contribution in [0.25, 0.3) is 0 Å². The van der Waals surface area contributed by atoms with Gasteiger partial charge in [0.15, 0.2) is 5.82 Å². The van der Waals surface area contributed by atoms with Crippen LogP contribution >= 0.6 is 0 Å². The number of carbonyl (C=O) groups is 1. The van der Waals surface area contributed by atoms with Gasteiger partial charge in [-0.15, -0.1) is 0 Å². The Morgan fingerprint density at radius 1 is 1.06 bits per heavy atom. The molecular formula is C26H35N5O2. The highest BCUT2D eigenvalue weighted by molar-refractivity contribution is 5.79. The highest BCUT2D eigenvalue weighted by Gasteiger charge is 2.34. The first-order valence-corrected chi connectivity index (χ1v) is 12.4. The molecule has 3 aliphatic rings. The molecule has 1 amide bonds. The van der Waals surface area contributed by atoms with Gasteiger partial charge in [0.1, 0.15) is 11.6 Å². The summed E-state index contributed by atoms with van der Waals surface area (Å²) >= 11 is 0. The highest BCUT2D eigenvalue weighted by Crippen LogP contribution is 2.35. The zero-order valence-corrected chi connectivity index (χ0v) is 19.9. The van der Waals surface area contributed by atoms with E-state index in [4.69, 9.17) is 14.7 Å². The lowest BCUT2D eigenvalue weighted by Gasteiger charge is -2.33. The van der Waals surface area contributed by atoms with Gasteiger partial charge in [-0.25, -0.2) is 9.97 Å². The Balaban J connectivity index is 1.41. The number of likely N-dealkylation sites (tertiary alicyclic amines) is 2. The number of rotatable bonds is 6. The Morgan fingerprint density at radius 3 is 2.70 bits per heavy atom. The third-order valence-electron chi connectivity index (χ3n) is 7.35. The van der Waals surface area contributed by atoms with Gasteiger partial charge in [0.25, 0.3) is 0 Å². The van der Waals surface area contributed by atoms with E-state index in [-0.39, 0.29) is 11.9 Å². The number of fused-ring (bicyclic) bond motifs is 1. The quantitative estimate of drug-likeness (QED) is 0.673.